The molecule has 2 aliphatic carbocycles. The van der Waals surface area contributed by atoms with Gasteiger partial charge in [-0.05, 0) is 63.8 Å². The summed E-state index contributed by atoms with van der Waals surface area (Å²) in [5.41, 5.74) is 7.45. The van der Waals surface area contributed by atoms with Crippen LogP contribution in [0.15, 0.2) is 36.9 Å². The Hall–Kier alpha value is -5.61. The van der Waals surface area contributed by atoms with E-state index in [0.29, 0.717) is 36.7 Å². The molecule has 8 atom stereocenters. The van der Waals surface area contributed by atoms with E-state index in [2.05, 4.69) is 20.2 Å². The SMILES string of the molecule is CC1(C(=O)O[C@H]2O[C@@](C#N)(c3ccc4c(N)ncnn34)[C@H](O)[C@@H]2O)CCCCC1.CC1(C(=O)O[C@H]2O[C@@](C#N)(c3ccc4c(N)ncnn34)[C@H](O)[C@@H]2O)CCCCC1.O=S(=O)(O)O. The Balaban J connectivity index is 0.000000190. The lowest BCUT2D eigenvalue weighted by Crippen LogP contribution is -2.41. The number of hydrogen-bond acceptors (Lipinski definition) is 20. The van der Waals surface area contributed by atoms with Gasteiger partial charge in [-0.15, -0.1) is 0 Å². The summed E-state index contributed by atoms with van der Waals surface area (Å²) in [6.07, 6.45) is 1.42. The third kappa shape index (κ3) is 8.97. The average Bonchev–Trinajstić information content (AvgIpc) is 4.00. The molecule has 10 N–H and O–H groups in total. The van der Waals surface area contributed by atoms with Crippen molar-refractivity contribution in [1.29, 1.82) is 10.5 Å². The maximum absolute atomic E-state index is 12.8. The van der Waals surface area contributed by atoms with Crippen molar-refractivity contribution in [3.8, 4) is 12.1 Å². The van der Waals surface area contributed by atoms with Crippen LogP contribution in [0.1, 0.15) is 89.4 Å². The Kier molecular flexibility index (Phi) is 13.3. The molecule has 4 aliphatic rings. The van der Waals surface area contributed by atoms with Crippen molar-refractivity contribution in [1.82, 2.24) is 29.2 Å². The minimum Gasteiger partial charge on any atom is -0.432 e. The minimum absolute atomic E-state index is 0.151. The van der Waals surface area contributed by atoms with Crippen LogP contribution in [0, 0.1) is 33.5 Å². The number of ether oxygens (including phenoxy) is 4. The van der Waals surface area contributed by atoms with E-state index in [1.807, 2.05) is 26.0 Å². The molecule has 0 unspecified atom stereocenters. The summed E-state index contributed by atoms with van der Waals surface area (Å²) in [4.78, 5) is 33.3. The molecule has 4 aromatic rings. The first-order valence-electron chi connectivity index (χ1n) is 19.8. The Morgan fingerprint density at radius 2 is 1.03 bits per heavy atom. The number of nitrogens with zero attached hydrogens (tertiary/aromatic N) is 8. The number of nitrogens with two attached hydrogens (primary N) is 2. The Labute approximate surface area is 359 Å². The van der Waals surface area contributed by atoms with E-state index in [9.17, 15) is 40.5 Å². The molecular weight excluding hydrogens is 853 g/mol. The number of anilines is 2. The number of carbonyl (C=O) groups is 2. The van der Waals surface area contributed by atoms with Gasteiger partial charge in [-0.3, -0.25) is 18.7 Å². The fourth-order valence-corrected chi connectivity index (χ4v) is 8.37. The monoisotopic (exact) mass is 900 g/mol. The van der Waals surface area contributed by atoms with Gasteiger partial charge in [0.25, 0.3) is 0 Å². The molecule has 2 saturated carbocycles. The minimum atomic E-state index is -4.67. The number of rotatable bonds is 6. The van der Waals surface area contributed by atoms with Crippen LogP contribution in [0.5, 0.6) is 0 Å². The van der Waals surface area contributed by atoms with E-state index in [0.717, 1.165) is 38.5 Å². The highest BCUT2D eigenvalue weighted by Crippen LogP contribution is 2.45. The lowest BCUT2D eigenvalue weighted by molar-refractivity contribution is -0.207. The average molecular weight is 901 g/mol. The summed E-state index contributed by atoms with van der Waals surface area (Å²) in [6.45, 7) is 3.65. The van der Waals surface area contributed by atoms with Gasteiger partial charge >= 0.3 is 22.3 Å². The van der Waals surface area contributed by atoms with E-state index in [-0.39, 0.29) is 23.0 Å². The number of hydrogen-bond donors (Lipinski definition) is 8. The van der Waals surface area contributed by atoms with Crippen LogP contribution < -0.4 is 11.5 Å². The lowest BCUT2D eigenvalue weighted by atomic mass is 9.76. The van der Waals surface area contributed by atoms with Crippen molar-refractivity contribution < 1.29 is 66.5 Å². The molecule has 63 heavy (non-hydrogen) atoms. The van der Waals surface area contributed by atoms with Gasteiger partial charge < -0.3 is 50.8 Å². The van der Waals surface area contributed by atoms with Gasteiger partial charge in [0.2, 0.25) is 23.8 Å². The molecule has 24 nitrogen and oxygen atoms in total. The molecule has 8 rings (SSSR count). The van der Waals surface area contributed by atoms with E-state index in [1.165, 1.54) is 33.8 Å². The second-order valence-corrected chi connectivity index (χ2v) is 17.3. The molecule has 0 amide bonds. The molecule has 2 aliphatic heterocycles. The Bertz CT molecular complexity index is 2360. The van der Waals surface area contributed by atoms with Crippen molar-refractivity contribution in [2.24, 2.45) is 10.8 Å². The molecule has 2 saturated heterocycles. The predicted octanol–water partition coefficient (Wildman–Crippen LogP) is 0.591. The Morgan fingerprint density at radius 1 is 0.698 bits per heavy atom. The van der Waals surface area contributed by atoms with Crippen molar-refractivity contribution in [3.05, 3.63) is 48.3 Å². The summed E-state index contributed by atoms with van der Waals surface area (Å²) in [5, 5.41) is 70.3. The normalized spacial score (nSPS) is 29.9. The van der Waals surface area contributed by atoms with E-state index in [1.54, 1.807) is 12.1 Å². The Morgan fingerprint density at radius 3 is 1.35 bits per heavy atom. The van der Waals surface area contributed by atoms with Crippen LogP contribution in [0.4, 0.5) is 11.6 Å². The quantitative estimate of drug-likeness (QED) is 0.0969. The molecule has 0 radical (unpaired) electrons. The molecule has 4 fully saturated rings. The molecule has 6 heterocycles. The van der Waals surface area contributed by atoms with Crippen LogP contribution >= 0.6 is 0 Å². The van der Waals surface area contributed by atoms with Gasteiger partial charge in [0.15, 0.2) is 11.6 Å². The summed E-state index contributed by atoms with van der Waals surface area (Å²) in [6, 6.07) is 10.0. The zero-order valence-corrected chi connectivity index (χ0v) is 34.9. The summed E-state index contributed by atoms with van der Waals surface area (Å²) < 4.78 is 56.5. The smallest absolute Gasteiger partial charge is 0.394 e. The molecule has 0 bridgehead atoms. The number of nitriles is 2. The van der Waals surface area contributed by atoms with Crippen LogP contribution in [0.2, 0.25) is 0 Å². The van der Waals surface area contributed by atoms with Gasteiger partial charge in [0, 0.05) is 0 Å². The number of aliphatic hydroxyl groups excluding tert-OH is 4. The topological polar surface area (TPSA) is 387 Å². The largest absolute Gasteiger partial charge is 0.432 e. The van der Waals surface area contributed by atoms with E-state index >= 15 is 0 Å². The van der Waals surface area contributed by atoms with Gasteiger partial charge in [0.05, 0.1) is 22.2 Å². The van der Waals surface area contributed by atoms with Crippen molar-refractivity contribution in [2.45, 2.75) is 126 Å². The first-order chi connectivity index (χ1) is 29.6. The van der Waals surface area contributed by atoms with Crippen LogP contribution in [-0.2, 0) is 50.1 Å². The van der Waals surface area contributed by atoms with Gasteiger partial charge in [-0.25, -0.2) is 19.0 Å². The number of carbonyl (C=O) groups excluding carboxylic acids is 2. The zero-order chi connectivity index (χ0) is 46.1. The fraction of sp³-hybridized carbons (Fsp3) is 0.579. The van der Waals surface area contributed by atoms with Gasteiger partial charge in [-0.2, -0.15) is 29.1 Å². The molecule has 0 aromatic carbocycles. The molecule has 4 aromatic heterocycles. The van der Waals surface area contributed by atoms with Crippen molar-refractivity contribution >= 4 is 45.0 Å². The molecular formula is C38H48N10O14S. The molecule has 0 spiro atoms. The number of aromatic nitrogens is 6. The number of fused-ring (bicyclic) bond motifs is 2. The predicted molar refractivity (Wildman–Crippen MR) is 212 cm³/mol. The van der Waals surface area contributed by atoms with Crippen molar-refractivity contribution in [2.75, 3.05) is 11.5 Å². The lowest BCUT2D eigenvalue weighted by Gasteiger charge is -2.32. The summed E-state index contributed by atoms with van der Waals surface area (Å²) >= 11 is 0. The number of nitrogen functional groups attached to an aromatic ring is 2. The van der Waals surface area contributed by atoms with Crippen LogP contribution in [0.25, 0.3) is 11.0 Å². The second-order valence-electron chi connectivity index (χ2n) is 16.4. The first-order valence-corrected chi connectivity index (χ1v) is 21.2. The number of aliphatic hydroxyl groups is 4. The fourth-order valence-electron chi connectivity index (χ4n) is 8.37. The zero-order valence-electron chi connectivity index (χ0n) is 34.1. The highest BCUT2D eigenvalue weighted by Gasteiger charge is 2.61. The molecule has 25 heteroatoms. The van der Waals surface area contributed by atoms with E-state index in [4.69, 9.17) is 47.9 Å². The maximum Gasteiger partial charge on any atom is 0.394 e. The van der Waals surface area contributed by atoms with Crippen molar-refractivity contribution in [3.63, 3.8) is 0 Å². The first kappa shape index (κ1) is 46.9. The highest BCUT2D eigenvalue weighted by molar-refractivity contribution is 7.79. The number of esters is 2. The van der Waals surface area contributed by atoms with Crippen LogP contribution in [0.3, 0.4) is 0 Å². The van der Waals surface area contributed by atoms with Crippen LogP contribution in [-0.4, -0.2) is 116 Å². The summed E-state index contributed by atoms with van der Waals surface area (Å²) in [7, 11) is -4.67. The summed E-state index contributed by atoms with van der Waals surface area (Å²) in [5.74, 6) is -0.649. The van der Waals surface area contributed by atoms with Gasteiger partial charge in [-0.1, -0.05) is 38.5 Å². The van der Waals surface area contributed by atoms with E-state index < -0.39 is 81.4 Å². The third-order valence-electron chi connectivity index (χ3n) is 12.0. The second kappa shape index (κ2) is 17.9. The highest BCUT2D eigenvalue weighted by atomic mass is 32.3. The van der Waals surface area contributed by atoms with Gasteiger partial charge in [0.1, 0.15) is 60.2 Å². The molecule has 340 valence electrons. The third-order valence-corrected chi connectivity index (χ3v) is 12.0. The standard InChI is InChI=1S/2C19H23N5O5.H2O4S/c2*1-18(7-3-2-4-8-18)17(27)28-16-13(25)14(26)19(9-20,29-16)12-6-5-11-15(21)22-10-23-24(11)12;1-5(2,3)4/h2*5-6,10,13-14,16,25-26H,2-4,7-8H2,1H3,(H2,21,22,23);(H2,1,2,3,4)/t2*13-,14+,16-,19-;/m00./s1. The maximum atomic E-state index is 12.8.